The van der Waals surface area contributed by atoms with E-state index in [9.17, 15) is 9.59 Å². The highest BCUT2D eigenvalue weighted by Gasteiger charge is 2.19. The minimum atomic E-state index is -0.414. The molecule has 11 heteroatoms. The number of benzene rings is 1. The van der Waals surface area contributed by atoms with Crippen LogP contribution in [-0.4, -0.2) is 43.5 Å². The molecule has 0 atom stereocenters. The molecule has 1 saturated carbocycles. The van der Waals surface area contributed by atoms with Gasteiger partial charge in [0.05, 0.1) is 21.7 Å². The van der Waals surface area contributed by atoms with Crippen LogP contribution in [0.1, 0.15) is 38.4 Å². The van der Waals surface area contributed by atoms with Gasteiger partial charge in [-0.3, -0.25) is 10.1 Å². The predicted molar refractivity (Wildman–Crippen MR) is 125 cm³/mol. The van der Waals surface area contributed by atoms with Gasteiger partial charge in [-0.1, -0.05) is 48.5 Å². The summed E-state index contributed by atoms with van der Waals surface area (Å²) >= 11 is 4.58. The molecule has 0 spiro atoms. The van der Waals surface area contributed by atoms with E-state index in [0.717, 1.165) is 41.4 Å². The normalized spacial score (nSPS) is 14.2. The average molecular weight is 477 g/mol. The molecule has 2 heterocycles. The molecule has 2 N–H and O–H groups in total. The van der Waals surface area contributed by atoms with Gasteiger partial charge in [0.1, 0.15) is 5.82 Å². The molecule has 0 aliphatic heterocycles. The van der Waals surface area contributed by atoms with E-state index in [1.165, 1.54) is 16.5 Å². The lowest BCUT2D eigenvalue weighted by molar-refractivity contribution is -0.117. The first-order valence-electron chi connectivity index (χ1n) is 10.3. The molecule has 31 heavy (non-hydrogen) atoms. The zero-order valence-corrected chi connectivity index (χ0v) is 19.6. The summed E-state index contributed by atoms with van der Waals surface area (Å²) in [6, 6.07) is 7.85. The van der Waals surface area contributed by atoms with Gasteiger partial charge in [0, 0.05) is 12.6 Å². The summed E-state index contributed by atoms with van der Waals surface area (Å²) in [6.07, 6.45) is 4.21. The fourth-order valence-corrected chi connectivity index (χ4v) is 6.30. The average Bonchev–Trinajstić information content (AvgIpc) is 3.49. The number of hydrogen-bond acceptors (Lipinski definition) is 8. The standard InChI is InChI=1S/C20H24N6O2S3/c1-2-26-16(11-30-20-22-14-9-5-6-10-15(14)31-20)24-25-19(26)29-12-17(27)23-18(28)21-13-7-3-4-8-13/h5-6,9-10,13H,2-4,7-8,11-12H2,1H3,(H2,21,23,27,28). The van der Waals surface area contributed by atoms with Crippen LogP contribution in [0.25, 0.3) is 10.2 Å². The number of para-hydroxylation sites is 1. The highest BCUT2D eigenvalue weighted by Crippen LogP contribution is 2.31. The number of carbonyl (C=O) groups is 2. The number of imide groups is 1. The SMILES string of the molecule is CCn1c(CSc2nc3ccccc3s2)nnc1SCC(=O)NC(=O)NC1CCCC1. The second-order valence-electron chi connectivity index (χ2n) is 7.17. The van der Waals surface area contributed by atoms with E-state index < -0.39 is 6.03 Å². The number of amides is 3. The minimum Gasteiger partial charge on any atom is -0.335 e. The Labute approximate surface area is 193 Å². The largest absolute Gasteiger partial charge is 0.335 e. The summed E-state index contributed by atoms with van der Waals surface area (Å²) < 4.78 is 4.16. The molecule has 0 radical (unpaired) electrons. The second-order valence-corrected chi connectivity index (χ2v) is 10.4. The lowest BCUT2D eigenvalue weighted by Gasteiger charge is -2.12. The number of rotatable bonds is 8. The van der Waals surface area contributed by atoms with Crippen molar-refractivity contribution in [2.24, 2.45) is 0 Å². The van der Waals surface area contributed by atoms with Crippen molar-refractivity contribution in [2.75, 3.05) is 5.75 Å². The van der Waals surface area contributed by atoms with E-state index in [0.29, 0.717) is 17.5 Å². The second kappa shape index (κ2) is 10.5. The smallest absolute Gasteiger partial charge is 0.321 e. The third kappa shape index (κ3) is 5.78. The molecule has 1 aliphatic carbocycles. The van der Waals surface area contributed by atoms with Crippen LogP contribution in [0.15, 0.2) is 33.8 Å². The molecule has 8 nitrogen and oxygen atoms in total. The third-order valence-electron chi connectivity index (χ3n) is 4.98. The van der Waals surface area contributed by atoms with Crippen LogP contribution in [-0.2, 0) is 17.1 Å². The van der Waals surface area contributed by atoms with Crippen molar-refractivity contribution in [2.45, 2.75) is 60.4 Å². The lowest BCUT2D eigenvalue weighted by Crippen LogP contribution is -2.44. The van der Waals surface area contributed by atoms with Gasteiger partial charge in [-0.15, -0.1) is 21.5 Å². The summed E-state index contributed by atoms with van der Waals surface area (Å²) in [4.78, 5) is 28.7. The first kappa shape index (κ1) is 22.1. The van der Waals surface area contributed by atoms with E-state index in [1.54, 1.807) is 23.1 Å². The Morgan fingerprint density at radius 1 is 1.19 bits per heavy atom. The van der Waals surface area contributed by atoms with Gasteiger partial charge >= 0.3 is 6.03 Å². The number of urea groups is 1. The van der Waals surface area contributed by atoms with E-state index in [2.05, 4.69) is 31.9 Å². The van der Waals surface area contributed by atoms with Crippen molar-refractivity contribution in [1.82, 2.24) is 30.4 Å². The van der Waals surface area contributed by atoms with Gasteiger partial charge < -0.3 is 9.88 Å². The maximum absolute atomic E-state index is 12.1. The fraction of sp³-hybridized carbons (Fsp3) is 0.450. The van der Waals surface area contributed by atoms with Crippen LogP contribution in [0.2, 0.25) is 0 Å². The first-order chi connectivity index (χ1) is 15.1. The molecule has 4 rings (SSSR count). The Morgan fingerprint density at radius 3 is 2.77 bits per heavy atom. The minimum absolute atomic E-state index is 0.112. The number of hydrogen-bond donors (Lipinski definition) is 2. The Morgan fingerprint density at radius 2 is 2.00 bits per heavy atom. The molecule has 1 aromatic carbocycles. The van der Waals surface area contributed by atoms with Gasteiger partial charge in [-0.25, -0.2) is 9.78 Å². The molecule has 1 aliphatic rings. The quantitative estimate of drug-likeness (QED) is 0.473. The zero-order valence-electron chi connectivity index (χ0n) is 17.2. The van der Waals surface area contributed by atoms with Gasteiger partial charge in [0.25, 0.3) is 0 Å². The van der Waals surface area contributed by atoms with E-state index in [4.69, 9.17) is 0 Å². The Hall–Kier alpha value is -2.11. The maximum atomic E-state index is 12.1. The van der Waals surface area contributed by atoms with Gasteiger partial charge in [0.2, 0.25) is 5.91 Å². The fourth-order valence-electron chi connectivity index (χ4n) is 3.47. The Balaban J connectivity index is 1.29. The number of thiazole rings is 1. The van der Waals surface area contributed by atoms with Crippen LogP contribution in [0.4, 0.5) is 4.79 Å². The number of nitrogens with zero attached hydrogens (tertiary/aromatic N) is 4. The van der Waals surface area contributed by atoms with Gasteiger partial charge in [-0.05, 0) is 31.9 Å². The van der Waals surface area contributed by atoms with Crippen molar-refractivity contribution in [3.05, 3.63) is 30.1 Å². The number of fused-ring (bicyclic) bond motifs is 1. The summed E-state index contributed by atoms with van der Waals surface area (Å²) in [7, 11) is 0. The van der Waals surface area contributed by atoms with Crippen LogP contribution in [0.5, 0.6) is 0 Å². The summed E-state index contributed by atoms with van der Waals surface area (Å²) in [5.74, 6) is 1.27. The first-order valence-corrected chi connectivity index (χ1v) is 13.0. The monoisotopic (exact) mass is 476 g/mol. The Kier molecular flexibility index (Phi) is 7.46. The molecule has 0 unspecified atom stereocenters. The van der Waals surface area contributed by atoms with Gasteiger partial charge in [-0.2, -0.15) is 0 Å². The van der Waals surface area contributed by atoms with Gasteiger partial charge in [0.15, 0.2) is 9.50 Å². The molecular formula is C20H24N6O2S3. The van der Waals surface area contributed by atoms with E-state index >= 15 is 0 Å². The van der Waals surface area contributed by atoms with E-state index in [-0.39, 0.29) is 17.7 Å². The topological polar surface area (TPSA) is 102 Å². The molecular weight excluding hydrogens is 452 g/mol. The molecule has 3 aromatic rings. The summed E-state index contributed by atoms with van der Waals surface area (Å²) in [5.41, 5.74) is 1.01. The molecule has 164 valence electrons. The summed E-state index contributed by atoms with van der Waals surface area (Å²) in [5, 5.41) is 14.5. The number of thioether (sulfide) groups is 2. The van der Waals surface area contributed by atoms with Crippen LogP contribution >= 0.6 is 34.9 Å². The highest BCUT2D eigenvalue weighted by atomic mass is 32.2. The molecule has 0 saturated heterocycles. The number of carbonyl (C=O) groups excluding carboxylic acids is 2. The lowest BCUT2D eigenvalue weighted by atomic mass is 10.2. The number of aromatic nitrogens is 4. The van der Waals surface area contributed by atoms with Crippen molar-refractivity contribution in [3.8, 4) is 0 Å². The van der Waals surface area contributed by atoms with E-state index in [1.807, 2.05) is 29.7 Å². The van der Waals surface area contributed by atoms with Crippen molar-refractivity contribution >= 4 is 57.0 Å². The molecule has 3 amide bonds. The summed E-state index contributed by atoms with van der Waals surface area (Å²) in [6.45, 7) is 2.73. The van der Waals surface area contributed by atoms with Crippen molar-refractivity contribution in [1.29, 1.82) is 0 Å². The van der Waals surface area contributed by atoms with Crippen molar-refractivity contribution < 1.29 is 9.59 Å². The highest BCUT2D eigenvalue weighted by molar-refractivity contribution is 8.00. The maximum Gasteiger partial charge on any atom is 0.321 e. The number of nitrogens with one attached hydrogen (secondary N) is 2. The molecule has 1 fully saturated rings. The molecule has 2 aromatic heterocycles. The van der Waals surface area contributed by atoms with Crippen LogP contribution in [0.3, 0.4) is 0 Å². The predicted octanol–water partition coefficient (Wildman–Crippen LogP) is 4.06. The molecule has 0 bridgehead atoms. The zero-order chi connectivity index (χ0) is 21.6. The van der Waals surface area contributed by atoms with Crippen LogP contribution < -0.4 is 10.6 Å². The third-order valence-corrected chi connectivity index (χ3v) is 8.13. The van der Waals surface area contributed by atoms with Crippen LogP contribution in [0, 0.1) is 0 Å². The Bertz CT molecular complexity index is 1030. The van der Waals surface area contributed by atoms with Crippen molar-refractivity contribution in [3.63, 3.8) is 0 Å².